The van der Waals surface area contributed by atoms with Gasteiger partial charge in [-0.3, -0.25) is 9.48 Å². The SMILES string of the molecule is CC(c1nccs1)N(C)C(=O)c1nn(C)c2c1CCCC2. The summed E-state index contributed by atoms with van der Waals surface area (Å²) in [5.41, 5.74) is 2.99. The van der Waals surface area contributed by atoms with Crippen molar-refractivity contribution in [3.05, 3.63) is 33.5 Å². The van der Waals surface area contributed by atoms with Gasteiger partial charge < -0.3 is 4.90 Å². The van der Waals surface area contributed by atoms with Gasteiger partial charge in [0.05, 0.1) is 6.04 Å². The van der Waals surface area contributed by atoms with E-state index >= 15 is 0 Å². The van der Waals surface area contributed by atoms with E-state index in [4.69, 9.17) is 0 Å². The Hall–Kier alpha value is -1.69. The number of carbonyl (C=O) groups excluding carboxylic acids is 1. The highest BCUT2D eigenvalue weighted by atomic mass is 32.1. The summed E-state index contributed by atoms with van der Waals surface area (Å²) in [4.78, 5) is 18.8. The predicted octanol–water partition coefficient (Wildman–Crippen LogP) is 2.59. The first-order valence-electron chi connectivity index (χ1n) is 7.31. The average molecular weight is 304 g/mol. The Balaban J connectivity index is 1.88. The minimum absolute atomic E-state index is 0.00329. The fraction of sp³-hybridized carbons (Fsp3) is 0.533. The Morgan fingerprint density at radius 1 is 1.43 bits per heavy atom. The monoisotopic (exact) mass is 304 g/mol. The third kappa shape index (κ3) is 2.48. The summed E-state index contributed by atoms with van der Waals surface area (Å²) in [6.07, 6.45) is 6.09. The molecule has 2 aromatic rings. The lowest BCUT2D eigenvalue weighted by atomic mass is 9.95. The lowest BCUT2D eigenvalue weighted by molar-refractivity contribution is 0.0734. The highest BCUT2D eigenvalue weighted by Crippen LogP contribution is 2.27. The van der Waals surface area contributed by atoms with E-state index < -0.39 is 0 Å². The minimum atomic E-state index is -0.0289. The third-order valence-electron chi connectivity index (χ3n) is 4.28. The van der Waals surface area contributed by atoms with Crippen molar-refractivity contribution in [1.29, 1.82) is 0 Å². The van der Waals surface area contributed by atoms with Crippen LogP contribution in [0.25, 0.3) is 0 Å². The number of hydrogen-bond donors (Lipinski definition) is 0. The molecule has 1 aliphatic carbocycles. The molecule has 6 heteroatoms. The van der Waals surface area contributed by atoms with Crippen molar-refractivity contribution in [2.45, 2.75) is 38.6 Å². The van der Waals surface area contributed by atoms with Crippen molar-refractivity contribution in [3.63, 3.8) is 0 Å². The molecular formula is C15H20N4OS. The Labute approximate surface area is 128 Å². The number of aryl methyl sites for hydroxylation is 1. The van der Waals surface area contributed by atoms with Gasteiger partial charge in [0, 0.05) is 36.9 Å². The van der Waals surface area contributed by atoms with Gasteiger partial charge in [0.15, 0.2) is 5.69 Å². The van der Waals surface area contributed by atoms with Crippen LogP contribution < -0.4 is 0 Å². The second-order valence-corrected chi connectivity index (χ2v) is 6.49. The van der Waals surface area contributed by atoms with Crippen molar-refractivity contribution in [2.24, 2.45) is 7.05 Å². The van der Waals surface area contributed by atoms with Gasteiger partial charge in [-0.25, -0.2) is 4.98 Å². The van der Waals surface area contributed by atoms with E-state index in [1.165, 1.54) is 12.1 Å². The lowest BCUT2D eigenvalue weighted by Crippen LogP contribution is -2.30. The maximum atomic E-state index is 12.8. The molecular weight excluding hydrogens is 284 g/mol. The molecule has 0 N–H and O–H groups in total. The maximum absolute atomic E-state index is 12.8. The summed E-state index contributed by atoms with van der Waals surface area (Å²) in [6, 6.07) is -0.0289. The normalized spacial score (nSPS) is 15.6. The van der Waals surface area contributed by atoms with Crippen molar-refractivity contribution in [1.82, 2.24) is 19.7 Å². The second kappa shape index (κ2) is 5.60. The van der Waals surface area contributed by atoms with Gasteiger partial charge in [-0.05, 0) is 32.6 Å². The summed E-state index contributed by atoms with van der Waals surface area (Å²) in [5.74, 6) is -0.00329. The third-order valence-corrected chi connectivity index (χ3v) is 5.22. The summed E-state index contributed by atoms with van der Waals surface area (Å²) < 4.78 is 1.88. The number of aromatic nitrogens is 3. The molecule has 1 amide bonds. The van der Waals surface area contributed by atoms with Crippen LogP contribution in [0.3, 0.4) is 0 Å². The van der Waals surface area contributed by atoms with Gasteiger partial charge in [0.1, 0.15) is 5.01 Å². The van der Waals surface area contributed by atoms with Gasteiger partial charge in [-0.2, -0.15) is 5.10 Å². The number of carbonyl (C=O) groups is 1. The van der Waals surface area contributed by atoms with Gasteiger partial charge in [0.25, 0.3) is 5.91 Å². The van der Waals surface area contributed by atoms with Crippen LogP contribution in [0.5, 0.6) is 0 Å². The summed E-state index contributed by atoms with van der Waals surface area (Å²) >= 11 is 1.58. The highest BCUT2D eigenvalue weighted by Gasteiger charge is 2.28. The van der Waals surface area contributed by atoms with E-state index in [1.54, 1.807) is 22.4 Å². The topological polar surface area (TPSA) is 51.0 Å². The Morgan fingerprint density at radius 3 is 2.90 bits per heavy atom. The van der Waals surface area contributed by atoms with Gasteiger partial charge in [-0.15, -0.1) is 11.3 Å². The fourth-order valence-corrected chi connectivity index (χ4v) is 3.63. The molecule has 3 rings (SSSR count). The minimum Gasteiger partial charge on any atom is -0.331 e. The largest absolute Gasteiger partial charge is 0.331 e. The van der Waals surface area contributed by atoms with Gasteiger partial charge in [0.2, 0.25) is 0 Å². The summed E-state index contributed by atoms with van der Waals surface area (Å²) in [7, 11) is 3.77. The van der Waals surface area contributed by atoms with Crippen molar-refractivity contribution in [2.75, 3.05) is 7.05 Å². The zero-order valence-corrected chi connectivity index (χ0v) is 13.5. The molecule has 0 spiro atoms. The molecule has 1 unspecified atom stereocenters. The first-order chi connectivity index (χ1) is 10.1. The van der Waals surface area contributed by atoms with Crippen LogP contribution in [-0.4, -0.2) is 32.6 Å². The molecule has 0 radical (unpaired) electrons. The Kier molecular flexibility index (Phi) is 3.80. The molecule has 0 saturated carbocycles. The molecule has 1 aliphatic rings. The van der Waals surface area contributed by atoms with E-state index in [-0.39, 0.29) is 11.9 Å². The van der Waals surface area contributed by atoms with E-state index in [0.29, 0.717) is 5.69 Å². The van der Waals surface area contributed by atoms with Crippen LogP contribution in [0.1, 0.15) is 52.6 Å². The molecule has 21 heavy (non-hydrogen) atoms. The molecule has 0 fully saturated rings. The summed E-state index contributed by atoms with van der Waals surface area (Å²) in [5, 5.41) is 7.38. The maximum Gasteiger partial charge on any atom is 0.274 e. The van der Waals surface area contributed by atoms with Gasteiger partial charge >= 0.3 is 0 Å². The molecule has 1 atom stereocenters. The van der Waals surface area contributed by atoms with Crippen LogP contribution >= 0.6 is 11.3 Å². The number of hydrogen-bond acceptors (Lipinski definition) is 4. The van der Waals surface area contributed by atoms with E-state index in [9.17, 15) is 4.79 Å². The zero-order chi connectivity index (χ0) is 15.0. The van der Waals surface area contributed by atoms with E-state index in [1.807, 2.05) is 31.1 Å². The van der Waals surface area contributed by atoms with Crippen LogP contribution in [0.2, 0.25) is 0 Å². The van der Waals surface area contributed by atoms with Crippen LogP contribution in [0.4, 0.5) is 0 Å². The van der Waals surface area contributed by atoms with Crippen LogP contribution in [0.15, 0.2) is 11.6 Å². The number of nitrogens with zero attached hydrogens (tertiary/aromatic N) is 4. The predicted molar refractivity (Wildman–Crippen MR) is 82.5 cm³/mol. The van der Waals surface area contributed by atoms with Crippen molar-refractivity contribution < 1.29 is 4.79 Å². The smallest absolute Gasteiger partial charge is 0.274 e. The first kappa shape index (κ1) is 14.3. The Bertz CT molecular complexity index is 647. The molecule has 0 aromatic carbocycles. The second-order valence-electron chi connectivity index (χ2n) is 5.57. The van der Waals surface area contributed by atoms with E-state index in [0.717, 1.165) is 29.8 Å². The molecule has 2 heterocycles. The van der Waals surface area contributed by atoms with Crippen molar-refractivity contribution in [3.8, 4) is 0 Å². The fourth-order valence-electron chi connectivity index (χ4n) is 2.89. The van der Waals surface area contributed by atoms with E-state index in [2.05, 4.69) is 10.1 Å². The number of thiazole rings is 1. The Morgan fingerprint density at radius 2 is 2.19 bits per heavy atom. The quantitative estimate of drug-likeness (QED) is 0.876. The molecule has 5 nitrogen and oxygen atoms in total. The molecule has 112 valence electrons. The number of amides is 1. The molecule has 0 bridgehead atoms. The van der Waals surface area contributed by atoms with Gasteiger partial charge in [-0.1, -0.05) is 0 Å². The lowest BCUT2D eigenvalue weighted by Gasteiger charge is -2.23. The summed E-state index contributed by atoms with van der Waals surface area (Å²) in [6.45, 7) is 2.01. The number of rotatable bonds is 3. The average Bonchev–Trinajstić information content (AvgIpc) is 3.14. The highest BCUT2D eigenvalue weighted by molar-refractivity contribution is 7.09. The molecule has 0 saturated heterocycles. The molecule has 0 aliphatic heterocycles. The first-order valence-corrected chi connectivity index (χ1v) is 8.19. The standard InChI is InChI=1S/C15H20N4OS/c1-10(14-16-8-9-21-14)18(2)15(20)13-11-6-4-5-7-12(11)19(3)17-13/h8-10H,4-7H2,1-3H3. The number of fused-ring (bicyclic) bond motifs is 1. The zero-order valence-electron chi connectivity index (χ0n) is 12.7. The molecule has 2 aromatic heterocycles. The van der Waals surface area contributed by atoms with Crippen LogP contribution in [-0.2, 0) is 19.9 Å². The van der Waals surface area contributed by atoms with Crippen molar-refractivity contribution >= 4 is 17.2 Å². The van der Waals surface area contributed by atoms with Crippen LogP contribution in [0, 0.1) is 0 Å².